The van der Waals surface area contributed by atoms with Crippen molar-refractivity contribution >= 4 is 39.1 Å². The Morgan fingerprint density at radius 3 is 2.30 bits per heavy atom. The average molecular weight is 496 g/mol. The molecular weight excluding hydrogens is 466 g/mol. The molecule has 8 nitrogen and oxygen atoms in total. The Balaban J connectivity index is 2.49. The highest BCUT2D eigenvalue weighted by molar-refractivity contribution is 7.92. The van der Waals surface area contributed by atoms with Gasteiger partial charge in [0.2, 0.25) is 21.8 Å². The van der Waals surface area contributed by atoms with Crippen LogP contribution in [0.2, 0.25) is 5.02 Å². The Morgan fingerprint density at radius 2 is 1.79 bits per heavy atom. The number of halogens is 1. The maximum absolute atomic E-state index is 13.5. The third-order valence-electron chi connectivity index (χ3n) is 5.18. The van der Waals surface area contributed by atoms with Crippen LogP contribution in [0, 0.1) is 6.92 Å². The van der Waals surface area contributed by atoms with Crippen molar-refractivity contribution in [2.45, 2.75) is 32.9 Å². The number of hydrogen-bond acceptors (Lipinski definition) is 5. The zero-order valence-electron chi connectivity index (χ0n) is 19.5. The van der Waals surface area contributed by atoms with Gasteiger partial charge in [-0.1, -0.05) is 36.7 Å². The van der Waals surface area contributed by atoms with Gasteiger partial charge in [-0.05, 0) is 48.7 Å². The number of likely N-dealkylation sites (N-methyl/N-ethyl adjacent to an activating group) is 1. The molecule has 2 aromatic carbocycles. The number of aryl methyl sites for hydroxylation is 1. The fourth-order valence-electron chi connectivity index (χ4n) is 3.46. The van der Waals surface area contributed by atoms with Crippen LogP contribution >= 0.6 is 11.6 Å². The molecule has 0 aliphatic rings. The third kappa shape index (κ3) is 6.85. The maximum Gasteiger partial charge on any atom is 0.244 e. The Hall–Kier alpha value is -2.78. The molecule has 0 bridgehead atoms. The monoisotopic (exact) mass is 495 g/mol. The molecule has 0 heterocycles. The quantitative estimate of drug-likeness (QED) is 0.546. The molecule has 2 amide bonds. The van der Waals surface area contributed by atoms with Crippen LogP contribution in [0.15, 0.2) is 42.5 Å². The smallest absolute Gasteiger partial charge is 0.244 e. The van der Waals surface area contributed by atoms with Crippen molar-refractivity contribution in [1.82, 2.24) is 10.2 Å². The summed E-state index contributed by atoms with van der Waals surface area (Å²) in [4.78, 5) is 27.5. The van der Waals surface area contributed by atoms with Crippen molar-refractivity contribution in [2.24, 2.45) is 0 Å². The number of methoxy groups -OCH3 is 1. The summed E-state index contributed by atoms with van der Waals surface area (Å²) < 4.78 is 31.7. The average Bonchev–Trinajstić information content (AvgIpc) is 2.77. The molecule has 10 heteroatoms. The highest BCUT2D eigenvalue weighted by Gasteiger charge is 2.32. The Bertz CT molecular complexity index is 1090. The molecule has 0 saturated heterocycles. The molecule has 0 aliphatic heterocycles. The number of sulfonamides is 1. The zero-order chi connectivity index (χ0) is 24.8. The second-order valence-corrected chi connectivity index (χ2v) is 9.97. The lowest BCUT2D eigenvalue weighted by molar-refractivity contribution is -0.140. The summed E-state index contributed by atoms with van der Waals surface area (Å²) in [5, 5.41) is 3.13. The molecule has 2 rings (SSSR count). The van der Waals surface area contributed by atoms with E-state index in [0.29, 0.717) is 17.2 Å². The molecule has 0 radical (unpaired) electrons. The molecule has 0 spiro atoms. The molecule has 0 aromatic heterocycles. The first-order valence-corrected chi connectivity index (χ1v) is 12.6. The molecule has 0 unspecified atom stereocenters. The van der Waals surface area contributed by atoms with Crippen LogP contribution in [0.1, 0.15) is 24.5 Å². The highest BCUT2D eigenvalue weighted by atomic mass is 35.5. The molecule has 1 N–H and O–H groups in total. The van der Waals surface area contributed by atoms with Gasteiger partial charge in [0.25, 0.3) is 0 Å². The summed E-state index contributed by atoms with van der Waals surface area (Å²) >= 11 is 5.97. The summed E-state index contributed by atoms with van der Waals surface area (Å²) in [6.45, 7) is 3.24. The van der Waals surface area contributed by atoms with Gasteiger partial charge in [0, 0.05) is 18.6 Å². The third-order valence-corrected chi connectivity index (χ3v) is 6.56. The van der Waals surface area contributed by atoms with Crippen molar-refractivity contribution in [3.63, 3.8) is 0 Å². The van der Waals surface area contributed by atoms with Crippen LogP contribution in [0.5, 0.6) is 5.75 Å². The van der Waals surface area contributed by atoms with E-state index in [1.54, 1.807) is 49.4 Å². The standard InChI is InChI=1S/C23H30ClN3O5S/c1-6-19(23(29)25-3)26(14-17-8-10-18(24)11-9-17)22(28)15-27(33(5,30)31)20-13-16(2)7-12-21(20)32-4/h7-13,19H,6,14-15H2,1-5H3,(H,25,29)/t19-/m1/s1. The first-order chi connectivity index (χ1) is 15.5. The Morgan fingerprint density at radius 1 is 1.15 bits per heavy atom. The number of amides is 2. The van der Waals surface area contributed by atoms with E-state index in [9.17, 15) is 18.0 Å². The topological polar surface area (TPSA) is 96.0 Å². The predicted octanol–water partition coefficient (Wildman–Crippen LogP) is 2.98. The van der Waals surface area contributed by atoms with E-state index < -0.39 is 28.5 Å². The zero-order valence-corrected chi connectivity index (χ0v) is 21.0. The number of carbonyl (C=O) groups excluding carboxylic acids is 2. The minimum absolute atomic E-state index is 0.116. The van der Waals surface area contributed by atoms with Gasteiger partial charge >= 0.3 is 0 Å². The van der Waals surface area contributed by atoms with Gasteiger partial charge in [0.15, 0.2) is 0 Å². The summed E-state index contributed by atoms with van der Waals surface area (Å²) in [7, 11) is -0.916. The van der Waals surface area contributed by atoms with Gasteiger partial charge in [0.1, 0.15) is 18.3 Å². The van der Waals surface area contributed by atoms with E-state index in [4.69, 9.17) is 16.3 Å². The van der Waals surface area contributed by atoms with Crippen molar-refractivity contribution in [2.75, 3.05) is 31.3 Å². The van der Waals surface area contributed by atoms with E-state index >= 15 is 0 Å². The van der Waals surface area contributed by atoms with Gasteiger partial charge < -0.3 is 15.0 Å². The van der Waals surface area contributed by atoms with Crippen molar-refractivity contribution in [1.29, 1.82) is 0 Å². The van der Waals surface area contributed by atoms with Crippen LogP contribution in [0.4, 0.5) is 5.69 Å². The van der Waals surface area contributed by atoms with Gasteiger partial charge in [-0.15, -0.1) is 0 Å². The Kier molecular flexibility index (Phi) is 9.13. The number of ether oxygens (including phenoxy) is 1. The number of carbonyl (C=O) groups is 2. The fraction of sp³-hybridized carbons (Fsp3) is 0.391. The molecule has 2 aromatic rings. The van der Waals surface area contributed by atoms with Crippen molar-refractivity contribution in [3.05, 3.63) is 58.6 Å². The number of hydrogen-bond donors (Lipinski definition) is 1. The highest BCUT2D eigenvalue weighted by Crippen LogP contribution is 2.31. The van der Waals surface area contributed by atoms with E-state index in [0.717, 1.165) is 21.7 Å². The Labute approximate surface area is 200 Å². The van der Waals surface area contributed by atoms with Crippen molar-refractivity contribution < 1.29 is 22.7 Å². The SMILES string of the molecule is CC[C@H](C(=O)NC)N(Cc1ccc(Cl)cc1)C(=O)CN(c1cc(C)ccc1OC)S(C)(=O)=O. The summed E-state index contributed by atoms with van der Waals surface area (Å²) in [6.07, 6.45) is 1.38. The molecular formula is C23H30ClN3O5S. The van der Waals surface area contributed by atoms with Gasteiger partial charge in [0.05, 0.1) is 19.1 Å². The molecule has 180 valence electrons. The van der Waals surface area contributed by atoms with Crippen LogP contribution < -0.4 is 14.4 Å². The fourth-order valence-corrected chi connectivity index (χ4v) is 4.43. The summed E-state index contributed by atoms with van der Waals surface area (Å²) in [5.41, 5.74) is 1.82. The first kappa shape index (κ1) is 26.5. The van der Waals surface area contributed by atoms with E-state index in [-0.39, 0.29) is 18.1 Å². The van der Waals surface area contributed by atoms with Gasteiger partial charge in [-0.2, -0.15) is 0 Å². The lowest BCUT2D eigenvalue weighted by atomic mass is 10.1. The minimum Gasteiger partial charge on any atom is -0.495 e. The van der Waals surface area contributed by atoms with E-state index in [1.165, 1.54) is 19.1 Å². The largest absolute Gasteiger partial charge is 0.495 e. The number of rotatable bonds is 10. The second kappa shape index (κ2) is 11.4. The molecule has 33 heavy (non-hydrogen) atoms. The molecule has 0 saturated carbocycles. The van der Waals surface area contributed by atoms with Crippen LogP contribution in [0.3, 0.4) is 0 Å². The summed E-state index contributed by atoms with van der Waals surface area (Å²) in [5.74, 6) is -0.533. The van der Waals surface area contributed by atoms with Gasteiger partial charge in [-0.3, -0.25) is 13.9 Å². The van der Waals surface area contributed by atoms with Crippen LogP contribution in [0.25, 0.3) is 0 Å². The van der Waals surface area contributed by atoms with Crippen molar-refractivity contribution in [3.8, 4) is 5.75 Å². The first-order valence-electron chi connectivity index (χ1n) is 10.4. The van der Waals surface area contributed by atoms with E-state index in [2.05, 4.69) is 5.32 Å². The number of anilines is 1. The second-order valence-electron chi connectivity index (χ2n) is 7.63. The molecule has 1 atom stereocenters. The number of nitrogens with one attached hydrogen (secondary N) is 1. The lowest BCUT2D eigenvalue weighted by Gasteiger charge is -2.33. The van der Waals surface area contributed by atoms with E-state index in [1.807, 2.05) is 6.92 Å². The number of nitrogens with zero attached hydrogens (tertiary/aromatic N) is 2. The minimum atomic E-state index is -3.84. The maximum atomic E-state index is 13.5. The normalized spacial score (nSPS) is 12.1. The summed E-state index contributed by atoms with van der Waals surface area (Å²) in [6, 6.07) is 11.2. The number of benzene rings is 2. The lowest BCUT2D eigenvalue weighted by Crippen LogP contribution is -2.51. The van der Waals surface area contributed by atoms with Crippen LogP contribution in [-0.2, 0) is 26.2 Å². The molecule has 0 fully saturated rings. The predicted molar refractivity (Wildman–Crippen MR) is 130 cm³/mol. The molecule has 0 aliphatic carbocycles. The van der Waals surface area contributed by atoms with Crippen LogP contribution in [-0.4, -0.2) is 58.1 Å². The van der Waals surface area contributed by atoms with Gasteiger partial charge in [-0.25, -0.2) is 8.42 Å².